The van der Waals surface area contributed by atoms with Gasteiger partial charge in [-0.25, -0.2) is 0 Å². The number of carboxylic acid groups (broad SMARTS) is 1. The molecule has 0 radical (unpaired) electrons. The largest absolute Gasteiger partial charge is 2.00 e. The molecule has 0 aliphatic heterocycles. The maximum atomic E-state index is 9.34. The molecule has 1 atom stereocenters. The van der Waals surface area contributed by atoms with E-state index in [2.05, 4.69) is 0 Å². The first-order valence-electron chi connectivity index (χ1n) is 1.53. The summed E-state index contributed by atoms with van der Waals surface area (Å²) >= 11 is 0. The fourth-order valence-corrected chi connectivity index (χ4v) is 0. The van der Waals surface area contributed by atoms with Crippen LogP contribution in [0.15, 0.2) is 0 Å². The van der Waals surface area contributed by atoms with Crippen LogP contribution in [0.25, 0.3) is 0 Å². The van der Waals surface area contributed by atoms with Gasteiger partial charge in [-0.15, -0.1) is 0 Å². The Morgan fingerprint density at radius 1 is 1.75 bits per heavy atom. The normalized spacial score (nSPS) is 10.2. The Bertz CT molecular complexity index is 65.5. The molecule has 3 nitrogen and oxygen atoms in total. The van der Waals surface area contributed by atoms with E-state index in [0.717, 1.165) is 6.92 Å². The first-order chi connectivity index (χ1) is 2.64. The molecule has 0 rings (SSSR count). The summed E-state index contributed by atoms with van der Waals surface area (Å²) in [5.41, 5.74) is 0. The first kappa shape index (κ1) is 16.0. The Kier molecular flexibility index (Phi) is 16.1. The number of aliphatic hydroxyl groups excluding tert-OH is 1. The van der Waals surface area contributed by atoms with E-state index in [9.17, 15) is 9.90 Å². The molecule has 1 unspecified atom stereocenters. The molecule has 0 saturated heterocycles. The summed E-state index contributed by atoms with van der Waals surface area (Å²) in [5.74, 6) is -1.44. The standard InChI is InChI=1S/C3H6O3.Na.Zn/c1-2(4)3(5)6;;/h2,4H,1H3,(H,5,6);;/q;+1;+2/p-1. The Morgan fingerprint density at radius 3 is 1.88 bits per heavy atom. The fourth-order valence-electron chi connectivity index (χ4n) is 0. The Morgan fingerprint density at radius 2 is 1.88 bits per heavy atom. The van der Waals surface area contributed by atoms with Gasteiger partial charge < -0.3 is 15.0 Å². The summed E-state index contributed by atoms with van der Waals surface area (Å²) in [6.07, 6.45) is -1.34. The van der Waals surface area contributed by atoms with Crippen molar-refractivity contribution in [2.75, 3.05) is 0 Å². The van der Waals surface area contributed by atoms with Crippen molar-refractivity contribution in [2.45, 2.75) is 13.0 Å². The van der Waals surface area contributed by atoms with Crippen molar-refractivity contribution in [1.29, 1.82) is 0 Å². The van der Waals surface area contributed by atoms with Gasteiger partial charge in [-0.2, -0.15) is 0 Å². The number of rotatable bonds is 1. The van der Waals surface area contributed by atoms with Crippen LogP contribution in [0.3, 0.4) is 0 Å². The topological polar surface area (TPSA) is 60.4 Å². The van der Waals surface area contributed by atoms with Crippen molar-refractivity contribution in [1.82, 2.24) is 0 Å². The molecule has 0 heterocycles. The maximum absolute atomic E-state index is 9.34. The number of aliphatic hydroxyl groups is 1. The Balaban J connectivity index is -0.000000125. The van der Waals surface area contributed by atoms with Gasteiger partial charge in [-0.05, 0) is 6.92 Å². The molecular weight excluding hydrogens is 172 g/mol. The van der Waals surface area contributed by atoms with Crippen LogP contribution in [0.1, 0.15) is 6.92 Å². The molecular formula is C3H5NaO3Zn+2. The summed E-state index contributed by atoms with van der Waals surface area (Å²) in [7, 11) is 0. The second-order valence-corrected chi connectivity index (χ2v) is 0.995. The van der Waals surface area contributed by atoms with Crippen molar-refractivity contribution in [3.63, 3.8) is 0 Å². The molecule has 0 aromatic carbocycles. The third kappa shape index (κ3) is 10.1. The van der Waals surface area contributed by atoms with Gasteiger partial charge in [0.05, 0.1) is 12.1 Å². The summed E-state index contributed by atoms with van der Waals surface area (Å²) in [5, 5.41) is 17.3. The zero-order valence-electron chi connectivity index (χ0n) is 5.05. The third-order valence-electron chi connectivity index (χ3n) is 0.341. The number of hydrogen-bond donors (Lipinski definition) is 1. The van der Waals surface area contributed by atoms with E-state index in [4.69, 9.17) is 5.11 Å². The smallest absolute Gasteiger partial charge is 0.547 e. The SMILES string of the molecule is CC(O)C(=O)[O-].[Na+].[Zn+2]. The van der Waals surface area contributed by atoms with Gasteiger partial charge >= 0.3 is 49.0 Å². The molecule has 36 valence electrons. The van der Waals surface area contributed by atoms with Crippen molar-refractivity contribution in [2.24, 2.45) is 0 Å². The molecule has 0 saturated carbocycles. The van der Waals surface area contributed by atoms with Crippen LogP contribution in [-0.2, 0) is 24.3 Å². The van der Waals surface area contributed by atoms with Crippen LogP contribution in [0.4, 0.5) is 0 Å². The minimum atomic E-state index is -1.44. The minimum Gasteiger partial charge on any atom is -0.547 e. The van der Waals surface area contributed by atoms with Crippen molar-refractivity contribution in [3.05, 3.63) is 0 Å². The van der Waals surface area contributed by atoms with Gasteiger partial charge in [0, 0.05) is 0 Å². The predicted octanol–water partition coefficient (Wildman–Crippen LogP) is -4.88. The van der Waals surface area contributed by atoms with Gasteiger partial charge in [-0.3, -0.25) is 0 Å². The van der Waals surface area contributed by atoms with Gasteiger partial charge in [0.1, 0.15) is 0 Å². The molecule has 0 aromatic rings. The van der Waals surface area contributed by atoms with Crippen LogP contribution in [-0.4, -0.2) is 17.2 Å². The zero-order chi connectivity index (χ0) is 5.15. The van der Waals surface area contributed by atoms with Crippen LogP contribution < -0.4 is 34.7 Å². The summed E-state index contributed by atoms with van der Waals surface area (Å²) in [4.78, 5) is 9.34. The quantitative estimate of drug-likeness (QED) is 0.409. The summed E-state index contributed by atoms with van der Waals surface area (Å²) in [6.45, 7) is 1.13. The van der Waals surface area contributed by atoms with E-state index < -0.39 is 12.1 Å². The molecule has 0 spiro atoms. The van der Waals surface area contributed by atoms with Crippen LogP contribution in [0.2, 0.25) is 0 Å². The Hall–Kier alpha value is 1.05. The summed E-state index contributed by atoms with van der Waals surface area (Å²) in [6, 6.07) is 0. The van der Waals surface area contributed by atoms with Crippen molar-refractivity contribution in [3.8, 4) is 0 Å². The number of carbonyl (C=O) groups excluding carboxylic acids is 1. The molecule has 1 N–H and O–H groups in total. The minimum absolute atomic E-state index is 0. The monoisotopic (exact) mass is 176 g/mol. The number of carboxylic acids is 1. The van der Waals surface area contributed by atoms with Gasteiger partial charge in [0.2, 0.25) is 0 Å². The molecule has 8 heavy (non-hydrogen) atoms. The second-order valence-electron chi connectivity index (χ2n) is 0.995. The molecule has 0 aromatic heterocycles. The van der Waals surface area contributed by atoms with E-state index in [0.29, 0.717) is 0 Å². The number of carbonyl (C=O) groups is 1. The van der Waals surface area contributed by atoms with Crippen LogP contribution >= 0.6 is 0 Å². The van der Waals surface area contributed by atoms with E-state index in [-0.39, 0.29) is 49.0 Å². The molecule has 0 aliphatic carbocycles. The van der Waals surface area contributed by atoms with Crippen molar-refractivity contribution < 1.29 is 64.0 Å². The molecule has 0 fully saturated rings. The van der Waals surface area contributed by atoms with Gasteiger partial charge in [-0.1, -0.05) is 0 Å². The second kappa shape index (κ2) is 8.05. The van der Waals surface area contributed by atoms with Gasteiger partial charge in [0.15, 0.2) is 0 Å². The third-order valence-corrected chi connectivity index (χ3v) is 0.341. The van der Waals surface area contributed by atoms with E-state index in [1.807, 2.05) is 0 Å². The Labute approximate surface area is 82.5 Å². The van der Waals surface area contributed by atoms with E-state index in [1.165, 1.54) is 0 Å². The zero-order valence-corrected chi connectivity index (χ0v) is 10.0. The fraction of sp³-hybridized carbons (Fsp3) is 0.667. The first-order valence-corrected chi connectivity index (χ1v) is 1.53. The maximum Gasteiger partial charge on any atom is 2.00 e. The predicted molar refractivity (Wildman–Crippen MR) is 16.7 cm³/mol. The van der Waals surface area contributed by atoms with E-state index in [1.54, 1.807) is 0 Å². The average Bonchev–Trinajstić information content (AvgIpc) is 1.36. The van der Waals surface area contributed by atoms with Crippen LogP contribution in [0.5, 0.6) is 0 Å². The molecule has 0 amide bonds. The number of aliphatic carboxylic acids is 1. The van der Waals surface area contributed by atoms with Crippen molar-refractivity contribution >= 4 is 5.97 Å². The summed E-state index contributed by atoms with van der Waals surface area (Å²) < 4.78 is 0. The molecule has 5 heteroatoms. The molecule has 0 bridgehead atoms. The molecule has 0 aliphatic rings. The van der Waals surface area contributed by atoms with Crippen LogP contribution in [0, 0.1) is 0 Å². The van der Waals surface area contributed by atoms with E-state index >= 15 is 0 Å². The van der Waals surface area contributed by atoms with Gasteiger partial charge in [0.25, 0.3) is 0 Å². The average molecular weight is 177 g/mol. The number of hydrogen-bond acceptors (Lipinski definition) is 3.